The Labute approximate surface area is 146 Å². The van der Waals surface area contributed by atoms with Crippen LogP contribution in [0, 0.1) is 32.4 Å². The van der Waals surface area contributed by atoms with Gasteiger partial charge in [-0.2, -0.15) is 0 Å². The van der Waals surface area contributed by atoms with Gasteiger partial charge < -0.3 is 41.9 Å². The molecule has 0 rings (SSSR count). The third kappa shape index (κ3) is 340. The molecule has 0 amide bonds. The molecule has 0 aromatic carbocycles. The molecule has 0 radical (unpaired) electrons. The largest absolute Gasteiger partial charge is 2.00 e. The molecule has 0 heterocycles. The normalized spacial score (nSPS) is 7.71. The maximum absolute atomic E-state index is 8.41. The van der Waals surface area contributed by atoms with Gasteiger partial charge in [0.2, 0.25) is 0 Å². The van der Waals surface area contributed by atoms with Crippen LogP contribution in [0.4, 0.5) is 0 Å². The molecule has 0 bridgehead atoms. The van der Waals surface area contributed by atoms with Crippen LogP contribution in [0.1, 0.15) is 0 Å². The summed E-state index contributed by atoms with van der Waals surface area (Å²) in [6, 6.07) is 0. The average Bonchev–Trinajstić information content (AvgIpc) is 1.54. The molecule has 9 nitrogen and oxygen atoms in total. The monoisotopic (exact) mass is 312 g/mol. The Morgan fingerprint density at radius 3 is 0.429 bits per heavy atom. The maximum Gasteiger partial charge on any atom is 2.00 e. The van der Waals surface area contributed by atoms with Gasteiger partial charge in [0.05, 0.1) is 32.4 Å². The van der Waals surface area contributed by atoms with Gasteiger partial charge in [0.1, 0.15) is 0 Å². The molecule has 78 valence electrons. The van der Waals surface area contributed by atoms with Crippen molar-refractivity contribution in [1.82, 2.24) is 0 Å². The second-order valence-electron chi connectivity index (χ2n) is 0.567. The minimum Gasteiger partial charge on any atom is -0.357 e. The fourth-order valence-corrected chi connectivity index (χ4v) is 0. The zero-order valence-corrected chi connectivity index (χ0v) is 13.3. The van der Waals surface area contributed by atoms with Crippen LogP contribution in [0.25, 0.3) is 0 Å². The van der Waals surface area contributed by atoms with Crippen molar-refractivity contribution in [3.63, 3.8) is 0 Å². The molecule has 0 spiro atoms. The van der Waals surface area contributed by atoms with Gasteiger partial charge in [-0.3, -0.25) is 0 Å². The van der Waals surface area contributed by atoms with Crippen molar-refractivity contribution in [2.75, 3.05) is 0 Å². The van der Waals surface area contributed by atoms with Crippen molar-refractivity contribution in [3.8, 4) is 0 Å². The predicted molar refractivity (Wildman–Crippen MR) is 5.75 cm³/mol. The van der Waals surface area contributed by atoms with Crippen LogP contribution in [0.3, 0.4) is 0 Å². The van der Waals surface area contributed by atoms with E-state index < -0.39 is 32.4 Å². The predicted octanol–water partition coefficient (Wildman–Crippen LogP) is -14.1. The summed E-state index contributed by atoms with van der Waals surface area (Å²) in [6.07, 6.45) is 0. The zero-order chi connectivity index (χ0) is 10.7. The van der Waals surface area contributed by atoms with E-state index in [1.54, 1.807) is 0 Å². The molecular weight excluding hydrogens is 314 g/mol. The maximum atomic E-state index is 8.41. The van der Waals surface area contributed by atoms with E-state index >= 15 is 0 Å². The molecule has 0 fully saturated rings. The van der Waals surface area contributed by atoms with Gasteiger partial charge >= 0.3 is 74.4 Å². The topological polar surface area (TPSA) is 208 Å². The molecule has 14 heteroatoms. The van der Waals surface area contributed by atoms with Gasteiger partial charge in [-0.15, -0.1) is 0 Å². The van der Waals surface area contributed by atoms with Crippen LogP contribution in [-0.2, 0) is 0 Å². The van der Waals surface area contributed by atoms with E-state index in [1.807, 2.05) is 0 Å². The summed E-state index contributed by atoms with van der Waals surface area (Å²) in [5, 5.41) is 0. The Morgan fingerprint density at radius 1 is 0.429 bits per heavy atom. The summed E-state index contributed by atoms with van der Waals surface area (Å²) in [7, 11) is -8.56. The summed E-state index contributed by atoms with van der Waals surface area (Å²) >= 11 is 0. The van der Waals surface area contributed by atoms with Crippen LogP contribution < -0.4 is 93.3 Å². The van der Waals surface area contributed by atoms with Gasteiger partial charge in [0.25, 0.3) is 0 Å². The van der Waals surface area contributed by atoms with E-state index in [2.05, 4.69) is 0 Å². The fraction of sp³-hybridized carbons (Fsp3) is 0. The molecule has 0 aliphatic heterocycles. The molecular formula is Cl3KMgO9. The molecule has 0 saturated carbocycles. The Hall–Kier alpha value is 2.91. The zero-order valence-electron chi connectivity index (χ0n) is 6.52. The molecule has 0 aromatic heterocycles. The molecule has 0 atom stereocenters. The third-order valence-corrected chi connectivity index (χ3v) is 0. The van der Waals surface area contributed by atoms with E-state index in [0.29, 0.717) is 0 Å². The summed E-state index contributed by atoms with van der Waals surface area (Å²) in [6.45, 7) is 0. The molecule has 0 aliphatic rings. The van der Waals surface area contributed by atoms with Gasteiger partial charge in [-0.25, -0.2) is 0 Å². The first kappa shape index (κ1) is 30.2. The first-order chi connectivity index (χ1) is 5.20. The number of hydrogen-bond donors (Lipinski definition) is 0. The summed E-state index contributed by atoms with van der Waals surface area (Å²) in [5.41, 5.74) is 0. The van der Waals surface area contributed by atoms with Gasteiger partial charge in [0, 0.05) is 0 Å². The molecule has 0 saturated heterocycles. The molecule has 0 aromatic rings. The van der Waals surface area contributed by atoms with Crippen LogP contribution in [0.15, 0.2) is 0 Å². The molecule has 0 unspecified atom stereocenters. The van der Waals surface area contributed by atoms with Gasteiger partial charge in [0.15, 0.2) is 0 Å². The number of hydrogen-bond acceptors (Lipinski definition) is 9. The molecule has 0 N–H and O–H groups in total. The van der Waals surface area contributed by atoms with Crippen molar-refractivity contribution in [1.29, 1.82) is 0 Å². The number of halogens is 3. The quantitative estimate of drug-likeness (QED) is 0.388. The van der Waals surface area contributed by atoms with Crippen LogP contribution in [-0.4, -0.2) is 23.1 Å². The second kappa shape index (κ2) is 24.9. The van der Waals surface area contributed by atoms with E-state index in [-0.39, 0.29) is 74.4 Å². The van der Waals surface area contributed by atoms with E-state index in [0.717, 1.165) is 0 Å². The van der Waals surface area contributed by atoms with Crippen LogP contribution in [0.2, 0.25) is 0 Å². The first-order valence-corrected chi connectivity index (χ1v) is 4.17. The Kier molecular flexibility index (Phi) is 53.8. The Bertz CT molecular complexity index is 48.5. The van der Waals surface area contributed by atoms with Crippen molar-refractivity contribution in [2.45, 2.75) is 0 Å². The van der Waals surface area contributed by atoms with Crippen molar-refractivity contribution in [2.24, 2.45) is 0 Å². The molecule has 0 aliphatic carbocycles. The van der Waals surface area contributed by atoms with Crippen LogP contribution >= 0.6 is 0 Å². The third-order valence-electron chi connectivity index (χ3n) is 0. The van der Waals surface area contributed by atoms with Gasteiger partial charge in [-0.1, -0.05) is 0 Å². The minimum absolute atomic E-state index is 0. The average molecular weight is 314 g/mol. The summed E-state index contributed by atoms with van der Waals surface area (Å²) < 4.78 is 75.7. The summed E-state index contributed by atoms with van der Waals surface area (Å²) in [4.78, 5) is 0. The second-order valence-corrected chi connectivity index (χ2v) is 1.70. The van der Waals surface area contributed by atoms with Crippen molar-refractivity contribution < 1.29 is 126 Å². The van der Waals surface area contributed by atoms with E-state index in [9.17, 15) is 0 Å². The smallest absolute Gasteiger partial charge is 0.357 e. The fourth-order valence-electron chi connectivity index (χ4n) is 0. The Morgan fingerprint density at radius 2 is 0.429 bits per heavy atom. The summed E-state index contributed by atoms with van der Waals surface area (Å²) in [5.74, 6) is 0. The SMILES string of the molecule is [K+].[Mg+2].[O-][Cl+2]([O-])[O-].[O-][Cl+2]([O-])[O-].[O-][Cl+2]([O-])[O-]. The Balaban J connectivity index is -0.0000000270. The minimum atomic E-state index is -2.85. The van der Waals surface area contributed by atoms with Gasteiger partial charge in [-0.05, 0) is 0 Å². The standard InChI is InChI=1S/3ClO3.K.Mg/c3*2-1(3)4;;/q3*-1;+1;+2. The van der Waals surface area contributed by atoms with E-state index in [1.165, 1.54) is 0 Å². The number of rotatable bonds is 0. The van der Waals surface area contributed by atoms with Crippen molar-refractivity contribution >= 4 is 23.1 Å². The molecule has 14 heavy (non-hydrogen) atoms. The first-order valence-electron chi connectivity index (χ1n) is 1.39. The van der Waals surface area contributed by atoms with Crippen LogP contribution in [0.5, 0.6) is 0 Å². The van der Waals surface area contributed by atoms with Crippen molar-refractivity contribution in [3.05, 3.63) is 0 Å². The van der Waals surface area contributed by atoms with E-state index in [4.69, 9.17) is 41.9 Å².